The fraction of sp³-hybridized carbons (Fsp3) is 0.538. The molecule has 2 N–H and O–H groups in total. The van der Waals surface area contributed by atoms with Crippen LogP contribution in [0.2, 0.25) is 0 Å². The molecule has 116 valence electrons. The Morgan fingerprint density at radius 3 is 2.43 bits per heavy atom. The van der Waals surface area contributed by atoms with E-state index in [1.165, 1.54) is 17.0 Å². The van der Waals surface area contributed by atoms with Crippen molar-refractivity contribution in [2.45, 2.75) is 31.7 Å². The van der Waals surface area contributed by atoms with Crippen LogP contribution in [0.25, 0.3) is 0 Å². The van der Waals surface area contributed by atoms with Crippen LogP contribution in [-0.2, 0) is 0 Å². The highest BCUT2D eigenvalue weighted by molar-refractivity contribution is 5.92. The zero-order chi connectivity index (χ0) is 15.5. The molecule has 0 aliphatic carbocycles. The van der Waals surface area contributed by atoms with Gasteiger partial charge in [0.1, 0.15) is 0 Å². The van der Waals surface area contributed by atoms with Gasteiger partial charge in [-0.3, -0.25) is 9.69 Å². The number of primary amides is 1. The molecule has 0 radical (unpaired) electrons. The summed E-state index contributed by atoms with van der Waals surface area (Å²) in [4.78, 5) is 15.8. The maximum Gasteiger partial charge on any atom is 0.439 e. The second kappa shape index (κ2) is 6.30. The number of hydrogen-bond donors (Lipinski definition) is 1. The summed E-state index contributed by atoms with van der Waals surface area (Å²) in [6, 6.07) is 2.50. The van der Waals surface area contributed by atoms with Crippen molar-refractivity contribution in [1.82, 2.24) is 9.88 Å². The summed E-state index contributed by atoms with van der Waals surface area (Å²) >= 11 is 0. The summed E-state index contributed by atoms with van der Waals surface area (Å²) in [6.07, 6.45) is -3.09. The van der Waals surface area contributed by atoms with Crippen molar-refractivity contribution in [3.63, 3.8) is 0 Å². The van der Waals surface area contributed by atoms with Crippen LogP contribution >= 0.6 is 0 Å². The summed E-state index contributed by atoms with van der Waals surface area (Å²) < 4.78 is 44.4. The van der Waals surface area contributed by atoms with Crippen molar-refractivity contribution in [3.8, 4) is 5.88 Å². The molecule has 1 aromatic heterocycles. The Balaban J connectivity index is 2.12. The summed E-state index contributed by atoms with van der Waals surface area (Å²) in [5, 5.41) is 0. The molecule has 1 fully saturated rings. The molecule has 1 saturated heterocycles. The zero-order valence-corrected chi connectivity index (χ0v) is 11.3. The lowest BCUT2D eigenvalue weighted by molar-refractivity contribution is -0.242. The number of carbonyl (C=O) groups is 1. The van der Waals surface area contributed by atoms with Crippen molar-refractivity contribution in [1.29, 1.82) is 0 Å². The van der Waals surface area contributed by atoms with Crippen molar-refractivity contribution in [3.05, 3.63) is 23.9 Å². The zero-order valence-electron chi connectivity index (χ0n) is 11.3. The third kappa shape index (κ3) is 4.07. The number of rotatable bonds is 4. The highest BCUT2D eigenvalue weighted by Crippen LogP contribution is 2.29. The van der Waals surface area contributed by atoms with E-state index in [2.05, 4.69) is 4.98 Å². The number of nitrogens with two attached hydrogens (primary N) is 1. The first kappa shape index (κ1) is 15.6. The van der Waals surface area contributed by atoms with E-state index in [0.29, 0.717) is 25.9 Å². The predicted molar refractivity (Wildman–Crippen MR) is 68.6 cm³/mol. The van der Waals surface area contributed by atoms with Gasteiger partial charge in [0.25, 0.3) is 6.23 Å². The first-order chi connectivity index (χ1) is 9.88. The minimum Gasteiger partial charge on any atom is -0.448 e. The average Bonchev–Trinajstić information content (AvgIpc) is 2.45. The normalized spacial score (nSPS) is 18.2. The second-order valence-electron chi connectivity index (χ2n) is 4.86. The molecule has 0 saturated carbocycles. The van der Waals surface area contributed by atoms with Crippen LogP contribution in [-0.4, -0.2) is 41.3 Å². The molecule has 8 heteroatoms. The molecular formula is C13H16F3N3O2. The maximum absolute atomic E-state index is 13.1. The number of alkyl halides is 3. The molecule has 21 heavy (non-hydrogen) atoms. The minimum absolute atomic E-state index is 0.115. The molecule has 1 aliphatic heterocycles. The molecule has 1 atom stereocenters. The number of carbonyl (C=O) groups excluding carboxylic acids is 1. The highest BCUT2D eigenvalue weighted by atomic mass is 19.4. The van der Waals surface area contributed by atoms with E-state index in [0.717, 1.165) is 12.6 Å². The number of ether oxygens (including phenoxy) is 1. The van der Waals surface area contributed by atoms with Crippen LogP contribution in [0, 0.1) is 0 Å². The van der Waals surface area contributed by atoms with Crippen LogP contribution in [0.4, 0.5) is 13.2 Å². The monoisotopic (exact) mass is 303 g/mol. The van der Waals surface area contributed by atoms with Gasteiger partial charge in [0.05, 0.1) is 5.56 Å². The lowest BCUT2D eigenvalue weighted by atomic mass is 10.1. The molecule has 1 unspecified atom stereocenters. The van der Waals surface area contributed by atoms with Gasteiger partial charge in [0.15, 0.2) is 0 Å². The summed E-state index contributed by atoms with van der Waals surface area (Å²) in [6.45, 7) is 0.674. The Kier molecular flexibility index (Phi) is 4.66. The Labute approximate surface area is 119 Å². The lowest BCUT2D eigenvalue weighted by Gasteiger charge is -2.34. The van der Waals surface area contributed by atoms with E-state index in [-0.39, 0.29) is 11.4 Å². The van der Waals surface area contributed by atoms with Gasteiger partial charge in [-0.25, -0.2) is 4.98 Å². The Morgan fingerprint density at radius 1 is 1.29 bits per heavy atom. The van der Waals surface area contributed by atoms with Crippen LogP contribution in [0.1, 0.15) is 29.6 Å². The van der Waals surface area contributed by atoms with Crippen molar-refractivity contribution < 1.29 is 22.7 Å². The third-order valence-electron chi connectivity index (χ3n) is 3.26. The first-order valence-electron chi connectivity index (χ1n) is 6.61. The van der Waals surface area contributed by atoms with Crippen LogP contribution in [0.15, 0.2) is 18.3 Å². The molecule has 1 aliphatic rings. The number of aromatic nitrogens is 1. The van der Waals surface area contributed by atoms with Crippen molar-refractivity contribution in [2.75, 3.05) is 13.1 Å². The van der Waals surface area contributed by atoms with Crippen molar-refractivity contribution >= 4 is 5.91 Å². The van der Waals surface area contributed by atoms with Gasteiger partial charge in [0.2, 0.25) is 11.8 Å². The Bertz CT molecular complexity index is 484. The van der Waals surface area contributed by atoms with Crippen LogP contribution in [0.5, 0.6) is 5.88 Å². The molecule has 1 amide bonds. The number of pyridine rings is 1. The van der Waals surface area contributed by atoms with Gasteiger partial charge in [0, 0.05) is 25.4 Å². The number of likely N-dealkylation sites (tertiary alicyclic amines) is 1. The first-order valence-corrected chi connectivity index (χ1v) is 6.61. The molecule has 2 rings (SSSR count). The lowest BCUT2D eigenvalue weighted by Crippen LogP contribution is -2.51. The summed E-state index contributed by atoms with van der Waals surface area (Å²) in [7, 11) is 0. The molecule has 0 bridgehead atoms. The van der Waals surface area contributed by atoms with E-state index in [9.17, 15) is 18.0 Å². The SMILES string of the molecule is NC(=O)c1ccc(OC(N2CCCCC2)C(F)(F)F)nc1. The van der Waals surface area contributed by atoms with Crippen LogP contribution in [0.3, 0.4) is 0 Å². The van der Waals surface area contributed by atoms with Crippen LogP contribution < -0.4 is 10.5 Å². The van der Waals surface area contributed by atoms with Gasteiger partial charge < -0.3 is 10.5 Å². The number of nitrogens with zero attached hydrogens (tertiary/aromatic N) is 2. The fourth-order valence-corrected chi connectivity index (χ4v) is 2.21. The van der Waals surface area contributed by atoms with Gasteiger partial charge >= 0.3 is 6.18 Å². The molecular weight excluding hydrogens is 287 g/mol. The number of amides is 1. The van der Waals surface area contributed by atoms with Crippen molar-refractivity contribution in [2.24, 2.45) is 5.73 Å². The maximum atomic E-state index is 13.1. The summed E-state index contributed by atoms with van der Waals surface area (Å²) in [5.41, 5.74) is 5.16. The van der Waals surface area contributed by atoms with Gasteiger partial charge in [-0.05, 0) is 18.9 Å². The molecule has 0 spiro atoms. The average molecular weight is 303 g/mol. The van der Waals surface area contributed by atoms with Gasteiger partial charge in [-0.1, -0.05) is 6.42 Å². The number of halogens is 3. The molecule has 1 aromatic rings. The largest absolute Gasteiger partial charge is 0.448 e. The molecule has 2 heterocycles. The quantitative estimate of drug-likeness (QED) is 0.923. The third-order valence-corrected chi connectivity index (χ3v) is 3.26. The summed E-state index contributed by atoms with van der Waals surface area (Å²) in [5.74, 6) is -0.884. The Morgan fingerprint density at radius 2 is 1.95 bits per heavy atom. The van der Waals surface area contributed by atoms with Gasteiger partial charge in [-0.15, -0.1) is 0 Å². The van der Waals surface area contributed by atoms with E-state index in [1.807, 2.05) is 0 Å². The van der Waals surface area contributed by atoms with E-state index in [1.54, 1.807) is 0 Å². The minimum atomic E-state index is -4.51. The molecule has 0 aromatic carbocycles. The van der Waals surface area contributed by atoms with E-state index >= 15 is 0 Å². The second-order valence-corrected chi connectivity index (χ2v) is 4.86. The van der Waals surface area contributed by atoms with E-state index in [4.69, 9.17) is 10.5 Å². The predicted octanol–water partition coefficient (Wildman–Crippen LogP) is 1.93. The number of hydrogen-bond acceptors (Lipinski definition) is 4. The highest BCUT2D eigenvalue weighted by Gasteiger charge is 2.46. The smallest absolute Gasteiger partial charge is 0.439 e. The fourth-order valence-electron chi connectivity index (χ4n) is 2.21. The van der Waals surface area contributed by atoms with E-state index < -0.39 is 18.3 Å². The van der Waals surface area contributed by atoms with Gasteiger partial charge in [-0.2, -0.15) is 13.2 Å². The molecule has 5 nitrogen and oxygen atoms in total. The standard InChI is InChI=1S/C13H16F3N3O2/c14-13(15,16)12(19-6-2-1-3-7-19)21-10-5-4-9(8-18-10)11(17)20/h4-5,8,12H,1-3,6-7H2,(H2,17,20). The Hall–Kier alpha value is -1.83. The number of piperidine rings is 1. The topological polar surface area (TPSA) is 68.5 Å².